The number of pyridine rings is 2. The Hall–Kier alpha value is -1.88. The van der Waals surface area contributed by atoms with Gasteiger partial charge in [-0.1, -0.05) is 17.8 Å². The molecule has 3 rings (SSSR count). The number of nitrogens with zero attached hydrogens (tertiary/aromatic N) is 3. The van der Waals surface area contributed by atoms with Crippen LogP contribution in [0.4, 0.5) is 0 Å². The molecular formula is C12H10N4S. The first-order valence-electron chi connectivity index (χ1n) is 5.24. The molecule has 1 atom stereocenters. The molecule has 0 saturated carbocycles. The molecule has 5 heteroatoms. The van der Waals surface area contributed by atoms with Crippen LogP contribution in [0.2, 0.25) is 0 Å². The van der Waals surface area contributed by atoms with Crippen molar-refractivity contribution in [3.63, 3.8) is 0 Å². The number of hydrazone groups is 1. The number of aromatic nitrogens is 2. The van der Waals surface area contributed by atoms with Crippen LogP contribution in [0.15, 0.2) is 54.2 Å². The molecule has 0 amide bonds. The molecule has 17 heavy (non-hydrogen) atoms. The van der Waals surface area contributed by atoms with E-state index >= 15 is 0 Å². The Balaban J connectivity index is 1.78. The molecule has 84 valence electrons. The molecule has 1 aliphatic rings. The number of hydrogen-bond donors (Lipinski definition) is 1. The van der Waals surface area contributed by atoms with E-state index in [9.17, 15) is 0 Å². The van der Waals surface area contributed by atoms with E-state index in [0.29, 0.717) is 0 Å². The molecule has 3 heterocycles. The Labute approximate surface area is 103 Å². The second-order valence-corrected chi connectivity index (χ2v) is 4.67. The standard InChI is InChI=1S/C12H10N4S/c1-3-9(7-13-5-1)11-15-16-12(17-11)10-4-2-6-14-8-10/h1-8,11,15H. The van der Waals surface area contributed by atoms with Crippen molar-refractivity contribution in [3.8, 4) is 0 Å². The summed E-state index contributed by atoms with van der Waals surface area (Å²) in [6, 6.07) is 7.89. The Kier molecular flexibility index (Phi) is 2.75. The summed E-state index contributed by atoms with van der Waals surface area (Å²) in [4.78, 5) is 8.20. The van der Waals surface area contributed by atoms with Crippen molar-refractivity contribution < 1.29 is 0 Å². The van der Waals surface area contributed by atoms with Gasteiger partial charge in [-0.25, -0.2) is 0 Å². The minimum Gasteiger partial charge on any atom is -0.291 e. The summed E-state index contributed by atoms with van der Waals surface area (Å²) in [7, 11) is 0. The molecule has 4 nitrogen and oxygen atoms in total. The quantitative estimate of drug-likeness (QED) is 0.877. The van der Waals surface area contributed by atoms with Crippen molar-refractivity contribution in [1.29, 1.82) is 0 Å². The van der Waals surface area contributed by atoms with Gasteiger partial charge in [-0.2, -0.15) is 5.10 Å². The maximum Gasteiger partial charge on any atom is 0.127 e. The number of hydrogen-bond acceptors (Lipinski definition) is 5. The molecule has 2 aromatic rings. The molecule has 1 unspecified atom stereocenters. The number of nitrogens with one attached hydrogen (secondary N) is 1. The van der Waals surface area contributed by atoms with Crippen molar-refractivity contribution in [2.45, 2.75) is 5.37 Å². The van der Waals surface area contributed by atoms with Crippen LogP contribution < -0.4 is 5.43 Å². The average Bonchev–Trinajstić information content (AvgIpc) is 2.90. The first-order chi connectivity index (χ1) is 8.43. The van der Waals surface area contributed by atoms with E-state index in [0.717, 1.165) is 16.2 Å². The van der Waals surface area contributed by atoms with Gasteiger partial charge < -0.3 is 0 Å². The van der Waals surface area contributed by atoms with E-state index < -0.39 is 0 Å². The average molecular weight is 242 g/mol. The van der Waals surface area contributed by atoms with E-state index in [4.69, 9.17) is 0 Å². The van der Waals surface area contributed by atoms with Crippen molar-refractivity contribution in [3.05, 3.63) is 60.2 Å². The first-order valence-corrected chi connectivity index (χ1v) is 6.11. The van der Waals surface area contributed by atoms with Crippen molar-refractivity contribution in [2.24, 2.45) is 5.10 Å². The molecule has 0 aliphatic carbocycles. The van der Waals surface area contributed by atoms with Crippen LogP contribution in [-0.2, 0) is 0 Å². The maximum absolute atomic E-state index is 4.33. The molecule has 0 aromatic carbocycles. The van der Waals surface area contributed by atoms with E-state index in [2.05, 4.69) is 20.5 Å². The lowest BCUT2D eigenvalue weighted by molar-refractivity contribution is 0.741. The van der Waals surface area contributed by atoms with Crippen LogP contribution in [0.1, 0.15) is 16.5 Å². The van der Waals surface area contributed by atoms with Gasteiger partial charge in [-0.15, -0.1) is 0 Å². The van der Waals surface area contributed by atoms with Gasteiger partial charge in [-0.3, -0.25) is 15.4 Å². The predicted octanol–water partition coefficient (Wildman–Crippen LogP) is 2.17. The largest absolute Gasteiger partial charge is 0.291 e. The fourth-order valence-corrected chi connectivity index (χ4v) is 2.54. The van der Waals surface area contributed by atoms with Gasteiger partial charge in [0.05, 0.1) is 0 Å². The molecule has 1 aliphatic heterocycles. The van der Waals surface area contributed by atoms with Crippen molar-refractivity contribution >= 4 is 16.8 Å². The third-order valence-electron chi connectivity index (χ3n) is 2.41. The minimum atomic E-state index is 0.138. The zero-order valence-corrected chi connectivity index (χ0v) is 9.76. The first kappa shape index (κ1) is 10.3. The third-order valence-corrected chi connectivity index (χ3v) is 3.57. The lowest BCUT2D eigenvalue weighted by Crippen LogP contribution is -2.06. The van der Waals surface area contributed by atoms with Crippen LogP contribution in [0, 0.1) is 0 Å². The van der Waals surface area contributed by atoms with Gasteiger partial charge in [0.2, 0.25) is 0 Å². The summed E-state index contributed by atoms with van der Waals surface area (Å²) < 4.78 is 0. The Bertz CT molecular complexity index is 527. The zero-order valence-electron chi connectivity index (χ0n) is 8.95. The Morgan fingerprint density at radius 2 is 1.88 bits per heavy atom. The normalized spacial score (nSPS) is 18.6. The van der Waals surface area contributed by atoms with Crippen molar-refractivity contribution in [1.82, 2.24) is 15.4 Å². The Morgan fingerprint density at radius 3 is 2.59 bits per heavy atom. The molecule has 0 spiro atoms. The highest BCUT2D eigenvalue weighted by molar-refractivity contribution is 8.14. The van der Waals surface area contributed by atoms with Gasteiger partial charge in [0.15, 0.2) is 0 Å². The summed E-state index contributed by atoms with van der Waals surface area (Å²) in [5.74, 6) is 0. The van der Waals surface area contributed by atoms with E-state index in [-0.39, 0.29) is 5.37 Å². The molecular weight excluding hydrogens is 232 g/mol. The highest BCUT2D eigenvalue weighted by Gasteiger charge is 2.21. The summed E-state index contributed by atoms with van der Waals surface area (Å²) in [6.45, 7) is 0. The smallest absolute Gasteiger partial charge is 0.127 e. The lowest BCUT2D eigenvalue weighted by Gasteiger charge is -2.07. The third kappa shape index (κ3) is 2.14. The summed E-state index contributed by atoms with van der Waals surface area (Å²) in [5.41, 5.74) is 5.27. The maximum atomic E-state index is 4.33. The number of rotatable bonds is 2. The molecule has 2 aromatic heterocycles. The molecule has 0 fully saturated rings. The molecule has 0 saturated heterocycles. The second-order valence-electron chi connectivity index (χ2n) is 3.57. The van der Waals surface area contributed by atoms with Crippen molar-refractivity contribution in [2.75, 3.05) is 0 Å². The predicted molar refractivity (Wildman–Crippen MR) is 68.5 cm³/mol. The fourth-order valence-electron chi connectivity index (χ4n) is 1.58. The summed E-state index contributed by atoms with van der Waals surface area (Å²) >= 11 is 1.68. The van der Waals surface area contributed by atoms with Gasteiger partial charge in [0.25, 0.3) is 0 Å². The number of thioether (sulfide) groups is 1. The van der Waals surface area contributed by atoms with Crippen LogP contribution in [0.5, 0.6) is 0 Å². The van der Waals surface area contributed by atoms with E-state index in [1.54, 1.807) is 24.2 Å². The van der Waals surface area contributed by atoms with E-state index in [1.807, 2.05) is 36.7 Å². The van der Waals surface area contributed by atoms with E-state index in [1.165, 1.54) is 0 Å². The monoisotopic (exact) mass is 242 g/mol. The topological polar surface area (TPSA) is 50.2 Å². The summed E-state index contributed by atoms with van der Waals surface area (Å²) in [5, 5.41) is 5.43. The zero-order chi connectivity index (χ0) is 11.5. The van der Waals surface area contributed by atoms with Crippen LogP contribution in [0.25, 0.3) is 0 Å². The Morgan fingerprint density at radius 1 is 1.06 bits per heavy atom. The summed E-state index contributed by atoms with van der Waals surface area (Å²) in [6.07, 6.45) is 7.20. The molecule has 1 N–H and O–H groups in total. The SMILES string of the molecule is c1cncc(C2=NNC(c3cccnc3)S2)c1. The lowest BCUT2D eigenvalue weighted by atomic mass is 10.3. The molecule has 0 bridgehead atoms. The minimum absolute atomic E-state index is 0.138. The van der Waals surface area contributed by atoms with Gasteiger partial charge in [0, 0.05) is 35.9 Å². The molecule has 0 radical (unpaired) electrons. The second kappa shape index (κ2) is 4.55. The van der Waals surface area contributed by atoms with Gasteiger partial charge in [0.1, 0.15) is 10.4 Å². The van der Waals surface area contributed by atoms with Crippen LogP contribution in [0.3, 0.4) is 0 Å². The van der Waals surface area contributed by atoms with Gasteiger partial charge in [-0.05, 0) is 18.2 Å². The fraction of sp³-hybridized carbons (Fsp3) is 0.0833. The van der Waals surface area contributed by atoms with Crippen LogP contribution in [-0.4, -0.2) is 15.0 Å². The van der Waals surface area contributed by atoms with Gasteiger partial charge >= 0.3 is 0 Å². The highest BCUT2D eigenvalue weighted by atomic mass is 32.2. The highest BCUT2D eigenvalue weighted by Crippen LogP contribution is 2.33. The van der Waals surface area contributed by atoms with Crippen LogP contribution >= 0.6 is 11.8 Å².